The first kappa shape index (κ1) is 19.0. The second-order valence-electron chi connectivity index (χ2n) is 5.92. The highest BCUT2D eigenvalue weighted by molar-refractivity contribution is 5.88. The van der Waals surface area contributed by atoms with Crippen molar-refractivity contribution in [3.8, 4) is 11.5 Å². The molecule has 0 saturated heterocycles. The molecule has 0 bridgehead atoms. The maximum atomic E-state index is 11.0. The van der Waals surface area contributed by atoms with E-state index in [0.717, 1.165) is 17.1 Å². The predicted molar refractivity (Wildman–Crippen MR) is 106 cm³/mol. The monoisotopic (exact) mass is 380 g/mol. The number of benzene rings is 2. The summed E-state index contributed by atoms with van der Waals surface area (Å²) in [5, 5.41) is 15.3. The van der Waals surface area contributed by atoms with Crippen LogP contribution in [0.3, 0.4) is 0 Å². The van der Waals surface area contributed by atoms with Gasteiger partial charge in [-0.2, -0.15) is 4.98 Å². The summed E-state index contributed by atoms with van der Waals surface area (Å²) in [7, 11) is 3.15. The zero-order chi connectivity index (χ0) is 20.1. The van der Waals surface area contributed by atoms with Gasteiger partial charge in [-0.1, -0.05) is 0 Å². The second kappa shape index (κ2) is 8.26. The highest BCUT2D eigenvalue weighted by atomic mass is 16.5. The lowest BCUT2D eigenvalue weighted by molar-refractivity contribution is 0.0697. The highest BCUT2D eigenvalue weighted by Gasteiger charge is 2.08. The zero-order valence-electron chi connectivity index (χ0n) is 15.7. The van der Waals surface area contributed by atoms with Gasteiger partial charge in [-0.25, -0.2) is 9.78 Å². The Bertz CT molecular complexity index is 990. The molecule has 1 aromatic heterocycles. The fraction of sp³-hybridized carbons (Fsp3) is 0.150. The average Bonchev–Trinajstić information content (AvgIpc) is 2.67. The molecule has 0 amide bonds. The Balaban J connectivity index is 1.80. The molecule has 3 rings (SSSR count). The lowest BCUT2D eigenvalue weighted by Crippen LogP contribution is -2.03. The number of hydrogen-bond acceptors (Lipinski definition) is 7. The standard InChI is InChI=1S/C20H20N4O4/c1-12-10-18(22-14-6-4-13(5-7-14)19(25)26)24-20(21-12)23-15-8-9-16(27-2)17(11-15)28-3/h4-11H,1-3H3,(H,25,26)(H2,21,22,23,24). The Morgan fingerprint density at radius 2 is 1.57 bits per heavy atom. The number of aryl methyl sites for hydroxylation is 1. The number of carboxylic acid groups (broad SMARTS) is 1. The summed E-state index contributed by atoms with van der Waals surface area (Å²) in [5.41, 5.74) is 2.46. The minimum Gasteiger partial charge on any atom is -0.493 e. The molecule has 2 aromatic carbocycles. The van der Waals surface area contributed by atoms with E-state index in [1.54, 1.807) is 44.6 Å². The summed E-state index contributed by atoms with van der Waals surface area (Å²) in [5.74, 6) is 1.25. The molecule has 3 N–H and O–H groups in total. The van der Waals surface area contributed by atoms with Crippen molar-refractivity contribution >= 4 is 29.1 Å². The van der Waals surface area contributed by atoms with Crippen molar-refractivity contribution < 1.29 is 19.4 Å². The van der Waals surface area contributed by atoms with Gasteiger partial charge in [0.1, 0.15) is 5.82 Å². The third kappa shape index (κ3) is 4.47. The predicted octanol–water partition coefficient (Wildman–Crippen LogP) is 3.99. The van der Waals surface area contributed by atoms with Crippen LogP contribution < -0.4 is 20.1 Å². The number of ether oxygens (including phenoxy) is 2. The van der Waals surface area contributed by atoms with E-state index in [2.05, 4.69) is 20.6 Å². The van der Waals surface area contributed by atoms with Gasteiger partial charge in [0.2, 0.25) is 5.95 Å². The van der Waals surface area contributed by atoms with Crippen molar-refractivity contribution in [2.24, 2.45) is 0 Å². The Morgan fingerprint density at radius 3 is 2.21 bits per heavy atom. The number of methoxy groups -OCH3 is 2. The summed E-state index contributed by atoms with van der Waals surface area (Å²) >= 11 is 0. The van der Waals surface area contributed by atoms with Crippen LogP contribution >= 0.6 is 0 Å². The molecule has 1 heterocycles. The van der Waals surface area contributed by atoms with Crippen LogP contribution in [0.25, 0.3) is 0 Å². The van der Waals surface area contributed by atoms with Gasteiger partial charge in [0, 0.05) is 29.2 Å². The maximum absolute atomic E-state index is 11.0. The SMILES string of the molecule is COc1ccc(Nc2nc(C)cc(Nc3ccc(C(=O)O)cc3)n2)cc1OC. The van der Waals surface area contributed by atoms with Crippen molar-refractivity contribution in [2.45, 2.75) is 6.92 Å². The van der Waals surface area contributed by atoms with E-state index in [-0.39, 0.29) is 5.56 Å². The van der Waals surface area contributed by atoms with Crippen LogP contribution in [-0.4, -0.2) is 35.3 Å². The van der Waals surface area contributed by atoms with Crippen molar-refractivity contribution in [3.63, 3.8) is 0 Å². The Labute approximate surface area is 162 Å². The summed E-state index contributed by atoms with van der Waals surface area (Å²) in [4.78, 5) is 19.8. The van der Waals surface area contributed by atoms with Gasteiger partial charge in [-0.05, 0) is 43.3 Å². The molecule has 0 unspecified atom stereocenters. The van der Waals surface area contributed by atoms with E-state index in [1.165, 1.54) is 12.1 Å². The van der Waals surface area contributed by atoms with Crippen LogP contribution in [-0.2, 0) is 0 Å². The van der Waals surface area contributed by atoms with Gasteiger partial charge in [0.05, 0.1) is 19.8 Å². The Morgan fingerprint density at radius 1 is 0.893 bits per heavy atom. The van der Waals surface area contributed by atoms with E-state index in [9.17, 15) is 4.79 Å². The first-order valence-electron chi connectivity index (χ1n) is 8.43. The minimum atomic E-state index is -0.967. The van der Waals surface area contributed by atoms with E-state index in [1.807, 2.05) is 13.0 Å². The van der Waals surface area contributed by atoms with Gasteiger partial charge in [-0.3, -0.25) is 0 Å². The first-order valence-corrected chi connectivity index (χ1v) is 8.43. The van der Waals surface area contributed by atoms with E-state index in [4.69, 9.17) is 14.6 Å². The number of aromatic carboxylic acids is 1. The van der Waals surface area contributed by atoms with Crippen LogP contribution in [0.2, 0.25) is 0 Å². The first-order chi connectivity index (χ1) is 13.5. The fourth-order valence-corrected chi connectivity index (χ4v) is 2.58. The zero-order valence-corrected chi connectivity index (χ0v) is 15.7. The number of nitrogens with one attached hydrogen (secondary N) is 2. The Kier molecular flexibility index (Phi) is 5.59. The molecular weight excluding hydrogens is 360 g/mol. The molecular formula is C20H20N4O4. The third-order valence-corrected chi connectivity index (χ3v) is 3.90. The van der Waals surface area contributed by atoms with Crippen LogP contribution in [0.1, 0.15) is 16.1 Å². The van der Waals surface area contributed by atoms with Crippen molar-refractivity contribution in [1.29, 1.82) is 0 Å². The summed E-state index contributed by atoms with van der Waals surface area (Å²) in [6.07, 6.45) is 0. The largest absolute Gasteiger partial charge is 0.493 e. The molecule has 8 nitrogen and oxygen atoms in total. The summed E-state index contributed by atoms with van der Waals surface area (Å²) in [6, 6.07) is 13.6. The molecule has 0 aliphatic carbocycles. The smallest absolute Gasteiger partial charge is 0.335 e. The molecule has 0 saturated carbocycles. The highest BCUT2D eigenvalue weighted by Crippen LogP contribution is 2.30. The van der Waals surface area contributed by atoms with Crippen LogP contribution in [0.15, 0.2) is 48.5 Å². The van der Waals surface area contributed by atoms with Crippen LogP contribution in [0.4, 0.5) is 23.1 Å². The molecule has 0 atom stereocenters. The third-order valence-electron chi connectivity index (χ3n) is 3.90. The lowest BCUT2D eigenvalue weighted by Gasteiger charge is -2.12. The average molecular weight is 380 g/mol. The summed E-state index contributed by atoms with van der Waals surface area (Å²) < 4.78 is 10.5. The van der Waals surface area contributed by atoms with E-state index in [0.29, 0.717) is 23.3 Å². The molecule has 0 aliphatic heterocycles. The number of nitrogens with zero attached hydrogens (tertiary/aromatic N) is 2. The van der Waals surface area contributed by atoms with E-state index >= 15 is 0 Å². The van der Waals surface area contributed by atoms with Crippen molar-refractivity contribution in [3.05, 3.63) is 59.8 Å². The number of rotatable bonds is 7. The number of anilines is 4. The molecule has 3 aromatic rings. The minimum absolute atomic E-state index is 0.222. The second-order valence-corrected chi connectivity index (χ2v) is 5.92. The number of aromatic nitrogens is 2. The molecule has 144 valence electrons. The molecule has 0 aliphatic rings. The lowest BCUT2D eigenvalue weighted by atomic mass is 10.2. The van der Waals surface area contributed by atoms with Crippen LogP contribution in [0, 0.1) is 6.92 Å². The number of hydrogen-bond donors (Lipinski definition) is 3. The fourth-order valence-electron chi connectivity index (χ4n) is 2.58. The van der Waals surface area contributed by atoms with Gasteiger partial charge < -0.3 is 25.2 Å². The van der Waals surface area contributed by atoms with Crippen LogP contribution in [0.5, 0.6) is 11.5 Å². The van der Waals surface area contributed by atoms with Crippen molar-refractivity contribution in [2.75, 3.05) is 24.9 Å². The van der Waals surface area contributed by atoms with Gasteiger partial charge in [-0.15, -0.1) is 0 Å². The quantitative estimate of drug-likeness (QED) is 0.565. The van der Waals surface area contributed by atoms with Gasteiger partial charge >= 0.3 is 5.97 Å². The number of carboxylic acids is 1. The van der Waals surface area contributed by atoms with E-state index < -0.39 is 5.97 Å². The topological polar surface area (TPSA) is 106 Å². The molecule has 28 heavy (non-hydrogen) atoms. The van der Waals surface area contributed by atoms with Crippen molar-refractivity contribution in [1.82, 2.24) is 9.97 Å². The Hall–Kier alpha value is -3.81. The maximum Gasteiger partial charge on any atom is 0.335 e. The molecule has 0 spiro atoms. The number of carbonyl (C=O) groups is 1. The summed E-state index contributed by atoms with van der Waals surface area (Å²) in [6.45, 7) is 1.86. The molecule has 0 fully saturated rings. The molecule has 8 heteroatoms. The van der Waals surface area contributed by atoms with Gasteiger partial charge in [0.25, 0.3) is 0 Å². The molecule has 0 radical (unpaired) electrons. The van der Waals surface area contributed by atoms with Gasteiger partial charge in [0.15, 0.2) is 11.5 Å². The normalized spacial score (nSPS) is 10.2.